The molecule has 2 aromatic heterocycles. The van der Waals surface area contributed by atoms with E-state index in [4.69, 9.17) is 0 Å². The average Bonchev–Trinajstić information content (AvgIpc) is 2.62. The molecule has 4 heteroatoms. The van der Waals surface area contributed by atoms with Gasteiger partial charge in [-0.3, -0.25) is 15.0 Å². The third-order valence-electron chi connectivity index (χ3n) is 3.53. The number of aliphatic imine (C=N–C) groups is 1. The fourth-order valence-electron chi connectivity index (χ4n) is 2.25. The lowest BCUT2D eigenvalue weighted by atomic mass is 10.2. The maximum Gasteiger partial charge on any atom is 0.0631 e. The van der Waals surface area contributed by atoms with Crippen LogP contribution in [0.5, 0.6) is 0 Å². The molecule has 114 valence electrons. The topological polar surface area (TPSA) is 41.4 Å². The highest BCUT2D eigenvalue weighted by atomic mass is 15.1. The van der Waals surface area contributed by atoms with Crippen molar-refractivity contribution in [2.75, 3.05) is 11.9 Å². The van der Waals surface area contributed by atoms with Gasteiger partial charge in [-0.25, -0.2) is 0 Å². The zero-order valence-electron chi connectivity index (χ0n) is 13.0. The summed E-state index contributed by atoms with van der Waals surface area (Å²) in [6, 6.07) is 16.1. The van der Waals surface area contributed by atoms with Gasteiger partial charge in [0, 0.05) is 50.3 Å². The smallest absolute Gasteiger partial charge is 0.0631 e. The lowest BCUT2D eigenvalue weighted by molar-refractivity contribution is 0.920. The van der Waals surface area contributed by atoms with Gasteiger partial charge in [-0.15, -0.1) is 0 Å². The molecule has 0 saturated heterocycles. The van der Waals surface area contributed by atoms with Crippen LogP contribution in [-0.2, 0) is 6.54 Å². The van der Waals surface area contributed by atoms with Crippen LogP contribution in [0.25, 0.3) is 0 Å². The van der Waals surface area contributed by atoms with Gasteiger partial charge in [-0.05, 0) is 59.7 Å². The molecule has 0 atom stereocenters. The standard InChI is InChI=1S/C19H18N4/c1-23(15-17-8-12-21-13-9-17)19-4-2-18(3-5-19)22-14-16-6-10-20-11-7-16/h2-14H,15H2,1H3. The van der Waals surface area contributed by atoms with Gasteiger partial charge in [0.05, 0.1) is 5.69 Å². The van der Waals surface area contributed by atoms with Crippen LogP contribution in [0.4, 0.5) is 11.4 Å². The molecule has 0 spiro atoms. The van der Waals surface area contributed by atoms with Gasteiger partial charge in [-0.1, -0.05) is 0 Å². The van der Waals surface area contributed by atoms with Gasteiger partial charge in [0.25, 0.3) is 0 Å². The Balaban J connectivity index is 1.66. The first kappa shape index (κ1) is 14.9. The Morgan fingerprint density at radius 2 is 1.48 bits per heavy atom. The molecule has 4 nitrogen and oxygen atoms in total. The molecule has 0 radical (unpaired) electrons. The van der Waals surface area contributed by atoms with Crippen molar-refractivity contribution in [2.24, 2.45) is 4.99 Å². The number of pyridine rings is 2. The van der Waals surface area contributed by atoms with Crippen molar-refractivity contribution in [3.8, 4) is 0 Å². The van der Waals surface area contributed by atoms with Crippen LogP contribution >= 0.6 is 0 Å². The van der Waals surface area contributed by atoms with E-state index in [0.717, 1.165) is 23.5 Å². The summed E-state index contributed by atoms with van der Waals surface area (Å²) in [7, 11) is 2.08. The van der Waals surface area contributed by atoms with Crippen LogP contribution in [0.15, 0.2) is 78.3 Å². The summed E-state index contributed by atoms with van der Waals surface area (Å²) < 4.78 is 0. The van der Waals surface area contributed by atoms with Crippen LogP contribution in [0.3, 0.4) is 0 Å². The first-order valence-corrected chi connectivity index (χ1v) is 7.45. The molecule has 0 aliphatic carbocycles. The molecular formula is C19H18N4. The second-order valence-electron chi connectivity index (χ2n) is 5.27. The van der Waals surface area contributed by atoms with Crippen molar-refractivity contribution in [3.63, 3.8) is 0 Å². The van der Waals surface area contributed by atoms with Crippen molar-refractivity contribution in [2.45, 2.75) is 6.54 Å². The first-order valence-electron chi connectivity index (χ1n) is 7.45. The van der Waals surface area contributed by atoms with E-state index in [1.165, 1.54) is 5.56 Å². The highest BCUT2D eigenvalue weighted by Gasteiger charge is 2.02. The molecule has 0 N–H and O–H groups in total. The van der Waals surface area contributed by atoms with E-state index in [0.29, 0.717) is 0 Å². The van der Waals surface area contributed by atoms with Gasteiger partial charge in [0.15, 0.2) is 0 Å². The van der Waals surface area contributed by atoms with Gasteiger partial charge in [0.1, 0.15) is 0 Å². The quantitative estimate of drug-likeness (QED) is 0.672. The molecule has 2 heterocycles. The highest BCUT2D eigenvalue weighted by molar-refractivity contribution is 5.81. The summed E-state index contributed by atoms with van der Waals surface area (Å²) in [6.07, 6.45) is 9.01. The minimum Gasteiger partial charge on any atom is -0.370 e. The third kappa shape index (κ3) is 4.23. The molecule has 0 fully saturated rings. The Bertz CT molecular complexity index is 752. The minimum absolute atomic E-state index is 0.849. The molecule has 0 aliphatic rings. The highest BCUT2D eigenvalue weighted by Crippen LogP contribution is 2.20. The maximum atomic E-state index is 4.48. The predicted molar refractivity (Wildman–Crippen MR) is 94.3 cm³/mol. The second kappa shape index (κ2) is 7.31. The maximum absolute atomic E-state index is 4.48. The van der Waals surface area contributed by atoms with Crippen molar-refractivity contribution < 1.29 is 0 Å². The number of hydrogen-bond donors (Lipinski definition) is 0. The van der Waals surface area contributed by atoms with Crippen LogP contribution in [0.1, 0.15) is 11.1 Å². The summed E-state index contributed by atoms with van der Waals surface area (Å²) in [5.41, 5.74) is 4.37. The monoisotopic (exact) mass is 302 g/mol. The molecule has 3 rings (SSSR count). The van der Waals surface area contributed by atoms with E-state index in [9.17, 15) is 0 Å². The second-order valence-corrected chi connectivity index (χ2v) is 5.27. The number of anilines is 1. The molecule has 0 unspecified atom stereocenters. The zero-order chi connectivity index (χ0) is 15.9. The van der Waals surface area contributed by atoms with Gasteiger partial charge in [0.2, 0.25) is 0 Å². The summed E-state index contributed by atoms with van der Waals surface area (Å²) in [4.78, 5) is 14.7. The predicted octanol–water partition coefficient (Wildman–Crippen LogP) is 3.86. The zero-order valence-corrected chi connectivity index (χ0v) is 13.0. The third-order valence-corrected chi connectivity index (χ3v) is 3.53. The Hall–Kier alpha value is -3.01. The van der Waals surface area contributed by atoms with E-state index < -0.39 is 0 Å². The number of hydrogen-bond acceptors (Lipinski definition) is 4. The van der Waals surface area contributed by atoms with Crippen LogP contribution in [-0.4, -0.2) is 23.2 Å². The van der Waals surface area contributed by atoms with Crippen LogP contribution < -0.4 is 4.90 Å². The number of rotatable bonds is 5. The van der Waals surface area contributed by atoms with E-state index >= 15 is 0 Å². The fraction of sp³-hybridized carbons (Fsp3) is 0.105. The lowest BCUT2D eigenvalue weighted by Gasteiger charge is -2.19. The number of aromatic nitrogens is 2. The van der Waals surface area contributed by atoms with Crippen molar-refractivity contribution >= 4 is 17.6 Å². The van der Waals surface area contributed by atoms with Gasteiger partial charge in [-0.2, -0.15) is 0 Å². The van der Waals surface area contributed by atoms with Gasteiger partial charge >= 0.3 is 0 Å². The average molecular weight is 302 g/mol. The minimum atomic E-state index is 0.849. The van der Waals surface area contributed by atoms with Crippen LogP contribution in [0, 0.1) is 0 Å². The normalized spacial score (nSPS) is 10.8. The largest absolute Gasteiger partial charge is 0.370 e. The van der Waals surface area contributed by atoms with E-state index in [1.807, 2.05) is 55.0 Å². The molecule has 0 aliphatic heterocycles. The summed E-state index contributed by atoms with van der Waals surface area (Å²) in [6.45, 7) is 0.849. The summed E-state index contributed by atoms with van der Waals surface area (Å²) >= 11 is 0. The first-order chi connectivity index (χ1) is 11.3. The molecule has 23 heavy (non-hydrogen) atoms. The Kier molecular flexibility index (Phi) is 4.74. The Morgan fingerprint density at radius 1 is 0.870 bits per heavy atom. The molecular weight excluding hydrogens is 284 g/mol. The summed E-state index contributed by atoms with van der Waals surface area (Å²) in [5.74, 6) is 0. The van der Waals surface area contributed by atoms with Crippen molar-refractivity contribution in [3.05, 3.63) is 84.4 Å². The van der Waals surface area contributed by atoms with E-state index in [-0.39, 0.29) is 0 Å². The van der Waals surface area contributed by atoms with Crippen molar-refractivity contribution in [1.82, 2.24) is 9.97 Å². The molecule has 3 aromatic rings. The van der Waals surface area contributed by atoms with E-state index in [2.05, 4.69) is 39.0 Å². The SMILES string of the molecule is CN(Cc1ccncc1)c1ccc(N=Cc2ccncc2)cc1. The summed E-state index contributed by atoms with van der Waals surface area (Å²) in [5, 5.41) is 0. The lowest BCUT2D eigenvalue weighted by Crippen LogP contribution is -2.15. The molecule has 1 aromatic carbocycles. The number of nitrogens with zero attached hydrogens (tertiary/aromatic N) is 4. The Morgan fingerprint density at radius 3 is 2.13 bits per heavy atom. The molecule has 0 saturated carbocycles. The van der Waals surface area contributed by atoms with Crippen molar-refractivity contribution in [1.29, 1.82) is 0 Å². The molecule has 0 bridgehead atoms. The number of benzene rings is 1. The fourth-order valence-corrected chi connectivity index (χ4v) is 2.25. The van der Waals surface area contributed by atoms with E-state index in [1.54, 1.807) is 12.4 Å². The van der Waals surface area contributed by atoms with Crippen LogP contribution in [0.2, 0.25) is 0 Å². The van der Waals surface area contributed by atoms with Gasteiger partial charge < -0.3 is 4.90 Å². The Labute approximate surface area is 136 Å². The molecule has 0 amide bonds.